The lowest BCUT2D eigenvalue weighted by atomic mass is 10.0. The van der Waals surface area contributed by atoms with E-state index in [2.05, 4.69) is 16.2 Å². The Morgan fingerprint density at radius 1 is 1.10 bits per heavy atom. The fourth-order valence-corrected chi connectivity index (χ4v) is 1.90. The van der Waals surface area contributed by atoms with Crippen LogP contribution in [0.3, 0.4) is 0 Å². The minimum Gasteiger partial charge on any atom is -0.333 e. The number of nitrogens with one attached hydrogen (secondary N) is 3. The van der Waals surface area contributed by atoms with Gasteiger partial charge in [0.1, 0.15) is 0 Å². The zero-order chi connectivity index (χ0) is 15.2. The molecule has 0 bridgehead atoms. The van der Waals surface area contributed by atoms with Crippen molar-refractivity contribution in [2.45, 2.75) is 19.5 Å². The first-order valence-electron chi connectivity index (χ1n) is 6.64. The SMILES string of the molecule is CC(N)C(=O)NNC(=O)NCc1cccc2ccccc12. The smallest absolute Gasteiger partial charge is 0.333 e. The average molecular weight is 286 g/mol. The summed E-state index contributed by atoms with van der Waals surface area (Å²) in [6, 6.07) is 12.7. The topological polar surface area (TPSA) is 96.2 Å². The van der Waals surface area contributed by atoms with Crippen molar-refractivity contribution in [1.29, 1.82) is 0 Å². The summed E-state index contributed by atoms with van der Waals surface area (Å²) in [5.41, 5.74) is 10.8. The van der Waals surface area contributed by atoms with Crippen molar-refractivity contribution in [1.82, 2.24) is 16.2 Å². The van der Waals surface area contributed by atoms with Gasteiger partial charge in [0.15, 0.2) is 0 Å². The number of rotatable bonds is 3. The third-order valence-electron chi connectivity index (χ3n) is 3.03. The van der Waals surface area contributed by atoms with E-state index in [1.165, 1.54) is 6.92 Å². The van der Waals surface area contributed by atoms with Crippen LogP contribution in [0.2, 0.25) is 0 Å². The van der Waals surface area contributed by atoms with E-state index in [0.29, 0.717) is 6.54 Å². The highest BCUT2D eigenvalue weighted by molar-refractivity contribution is 5.86. The molecule has 0 saturated heterocycles. The molecule has 0 aliphatic heterocycles. The van der Waals surface area contributed by atoms with Gasteiger partial charge < -0.3 is 11.1 Å². The van der Waals surface area contributed by atoms with Crippen LogP contribution >= 0.6 is 0 Å². The normalized spacial score (nSPS) is 11.7. The van der Waals surface area contributed by atoms with Crippen LogP contribution in [0.25, 0.3) is 10.8 Å². The summed E-state index contributed by atoms with van der Waals surface area (Å²) >= 11 is 0. The van der Waals surface area contributed by atoms with Gasteiger partial charge in [-0.3, -0.25) is 10.2 Å². The standard InChI is InChI=1S/C15H18N4O2/c1-10(16)14(20)18-19-15(21)17-9-12-7-4-6-11-5-2-3-8-13(11)12/h2-8,10H,9,16H2,1H3,(H,18,20)(H2,17,19,21). The maximum absolute atomic E-state index is 11.6. The quantitative estimate of drug-likeness (QED) is 0.634. The molecule has 0 aromatic heterocycles. The van der Waals surface area contributed by atoms with Gasteiger partial charge in [0, 0.05) is 6.54 Å². The summed E-state index contributed by atoms with van der Waals surface area (Å²) in [5, 5.41) is 4.88. The molecule has 3 amide bonds. The van der Waals surface area contributed by atoms with Crippen molar-refractivity contribution in [2.75, 3.05) is 0 Å². The molecule has 5 N–H and O–H groups in total. The molecule has 0 spiro atoms. The Morgan fingerprint density at radius 3 is 2.57 bits per heavy atom. The number of hydrogen-bond donors (Lipinski definition) is 4. The second-order valence-electron chi connectivity index (χ2n) is 4.72. The fourth-order valence-electron chi connectivity index (χ4n) is 1.90. The van der Waals surface area contributed by atoms with Crippen molar-refractivity contribution in [3.63, 3.8) is 0 Å². The minimum atomic E-state index is -0.677. The van der Waals surface area contributed by atoms with Gasteiger partial charge >= 0.3 is 6.03 Å². The maximum Gasteiger partial charge on any atom is 0.333 e. The Hall–Kier alpha value is -2.60. The molecule has 0 heterocycles. The van der Waals surface area contributed by atoms with E-state index in [1.54, 1.807) is 0 Å². The number of hydrazine groups is 1. The average Bonchev–Trinajstić information content (AvgIpc) is 2.50. The first kappa shape index (κ1) is 14.8. The Morgan fingerprint density at radius 2 is 1.81 bits per heavy atom. The maximum atomic E-state index is 11.6. The molecule has 1 atom stereocenters. The van der Waals surface area contributed by atoms with Gasteiger partial charge in [-0.1, -0.05) is 42.5 Å². The molecule has 0 radical (unpaired) electrons. The minimum absolute atomic E-state index is 0.362. The second-order valence-corrected chi connectivity index (χ2v) is 4.72. The zero-order valence-electron chi connectivity index (χ0n) is 11.7. The molecule has 2 aromatic carbocycles. The molecule has 6 nitrogen and oxygen atoms in total. The van der Waals surface area contributed by atoms with E-state index in [4.69, 9.17) is 5.73 Å². The summed E-state index contributed by atoms with van der Waals surface area (Å²) in [6.45, 7) is 1.90. The third-order valence-corrected chi connectivity index (χ3v) is 3.03. The van der Waals surface area contributed by atoms with Gasteiger partial charge in [0.25, 0.3) is 5.91 Å². The molecule has 21 heavy (non-hydrogen) atoms. The lowest BCUT2D eigenvalue weighted by Gasteiger charge is -2.11. The fraction of sp³-hybridized carbons (Fsp3) is 0.200. The van der Waals surface area contributed by atoms with Gasteiger partial charge in [-0.15, -0.1) is 0 Å². The van der Waals surface area contributed by atoms with Crippen LogP contribution in [-0.4, -0.2) is 18.0 Å². The van der Waals surface area contributed by atoms with Gasteiger partial charge in [0.05, 0.1) is 6.04 Å². The number of hydrogen-bond acceptors (Lipinski definition) is 3. The predicted octanol–water partition coefficient (Wildman–Crippen LogP) is 1.02. The van der Waals surface area contributed by atoms with E-state index >= 15 is 0 Å². The molecule has 0 fully saturated rings. The van der Waals surface area contributed by atoms with Gasteiger partial charge in [-0.2, -0.15) is 0 Å². The molecule has 0 aliphatic rings. The number of nitrogens with two attached hydrogens (primary N) is 1. The Labute approximate surface area is 122 Å². The van der Waals surface area contributed by atoms with Crippen molar-refractivity contribution >= 4 is 22.7 Å². The number of benzene rings is 2. The number of carbonyl (C=O) groups is 2. The summed E-state index contributed by atoms with van der Waals surface area (Å²) in [4.78, 5) is 22.8. The molecule has 1 unspecified atom stereocenters. The highest BCUT2D eigenvalue weighted by Gasteiger charge is 2.08. The first-order valence-corrected chi connectivity index (χ1v) is 6.64. The van der Waals surface area contributed by atoms with Crippen LogP contribution in [0.1, 0.15) is 12.5 Å². The van der Waals surface area contributed by atoms with Crippen molar-refractivity contribution in [2.24, 2.45) is 5.73 Å². The number of carbonyl (C=O) groups excluding carboxylic acids is 2. The second kappa shape index (κ2) is 6.71. The van der Waals surface area contributed by atoms with Crippen molar-refractivity contribution < 1.29 is 9.59 Å². The third kappa shape index (κ3) is 3.93. The van der Waals surface area contributed by atoms with E-state index in [1.807, 2.05) is 42.5 Å². The summed E-state index contributed by atoms with van der Waals surface area (Å²) in [5.74, 6) is -0.449. The number of fused-ring (bicyclic) bond motifs is 1. The Bertz CT molecular complexity index is 650. The van der Waals surface area contributed by atoms with E-state index in [9.17, 15) is 9.59 Å². The summed E-state index contributed by atoms with van der Waals surface area (Å²) in [7, 11) is 0. The van der Waals surface area contributed by atoms with Crippen LogP contribution in [0.5, 0.6) is 0 Å². The monoisotopic (exact) mass is 286 g/mol. The molecular formula is C15H18N4O2. The molecule has 0 saturated carbocycles. The van der Waals surface area contributed by atoms with Crippen LogP contribution < -0.4 is 21.9 Å². The van der Waals surface area contributed by atoms with Crippen LogP contribution in [-0.2, 0) is 11.3 Å². The molecule has 6 heteroatoms. The predicted molar refractivity (Wildman–Crippen MR) is 81.1 cm³/mol. The van der Waals surface area contributed by atoms with Crippen molar-refractivity contribution in [3.8, 4) is 0 Å². The van der Waals surface area contributed by atoms with E-state index in [0.717, 1.165) is 16.3 Å². The van der Waals surface area contributed by atoms with Gasteiger partial charge in [0.2, 0.25) is 0 Å². The van der Waals surface area contributed by atoms with Crippen molar-refractivity contribution in [3.05, 3.63) is 48.0 Å². The summed E-state index contributed by atoms with van der Waals surface area (Å²) < 4.78 is 0. The van der Waals surface area contributed by atoms with Crippen LogP contribution in [0.4, 0.5) is 4.79 Å². The largest absolute Gasteiger partial charge is 0.333 e. The molecule has 0 aliphatic carbocycles. The van der Waals surface area contributed by atoms with Crippen LogP contribution in [0.15, 0.2) is 42.5 Å². The van der Waals surface area contributed by atoms with Gasteiger partial charge in [-0.05, 0) is 23.3 Å². The Kier molecular flexibility index (Phi) is 4.73. The van der Waals surface area contributed by atoms with Crippen LogP contribution in [0, 0.1) is 0 Å². The van der Waals surface area contributed by atoms with E-state index in [-0.39, 0.29) is 0 Å². The molecule has 110 valence electrons. The lowest BCUT2D eigenvalue weighted by molar-refractivity contribution is -0.122. The number of urea groups is 1. The molecule has 2 aromatic rings. The Balaban J connectivity index is 1.93. The summed E-state index contributed by atoms with van der Waals surface area (Å²) in [6.07, 6.45) is 0. The molecule has 2 rings (SSSR count). The molecular weight excluding hydrogens is 268 g/mol. The van der Waals surface area contributed by atoms with Gasteiger partial charge in [-0.25, -0.2) is 10.2 Å². The highest BCUT2D eigenvalue weighted by Crippen LogP contribution is 2.17. The highest BCUT2D eigenvalue weighted by atomic mass is 16.2. The zero-order valence-corrected chi connectivity index (χ0v) is 11.7. The first-order chi connectivity index (χ1) is 10.1. The lowest BCUT2D eigenvalue weighted by Crippen LogP contribution is -2.51. The number of amides is 3. The van der Waals surface area contributed by atoms with E-state index < -0.39 is 18.0 Å².